The number of aromatic nitrogens is 4. The lowest BCUT2D eigenvalue weighted by Crippen LogP contribution is -2.06. The van der Waals surface area contributed by atoms with E-state index in [2.05, 4.69) is 43.7 Å². The number of nitrogens with one attached hydrogen (secondary N) is 2. The van der Waals surface area contributed by atoms with E-state index in [0.29, 0.717) is 5.92 Å². The van der Waals surface area contributed by atoms with Gasteiger partial charge in [0.25, 0.3) is 0 Å². The first-order chi connectivity index (χ1) is 12.4. The first-order valence-corrected chi connectivity index (χ1v) is 9.02. The van der Waals surface area contributed by atoms with Gasteiger partial charge in [-0.05, 0) is 48.6 Å². The molecule has 128 valence electrons. The molecule has 25 heavy (non-hydrogen) atoms. The lowest BCUT2D eigenvalue weighted by Gasteiger charge is -2.11. The van der Waals surface area contributed by atoms with Crippen molar-refractivity contribution in [2.24, 2.45) is 0 Å². The maximum Gasteiger partial charge on any atom is 0.126 e. The molecule has 3 heterocycles. The van der Waals surface area contributed by atoms with Crippen LogP contribution in [0.5, 0.6) is 0 Å². The van der Waals surface area contributed by atoms with E-state index in [-0.39, 0.29) is 0 Å². The van der Waals surface area contributed by atoms with Crippen molar-refractivity contribution in [3.63, 3.8) is 0 Å². The number of hydrogen-bond donors (Lipinski definition) is 2. The Morgan fingerprint density at radius 1 is 1.12 bits per heavy atom. The van der Waals surface area contributed by atoms with E-state index in [0.717, 1.165) is 18.8 Å². The van der Waals surface area contributed by atoms with Gasteiger partial charge in [-0.3, -0.25) is 10.1 Å². The molecule has 0 spiro atoms. The number of nitrogens with zero attached hydrogens (tertiary/aromatic N) is 3. The highest BCUT2D eigenvalue weighted by Gasteiger charge is 2.22. The van der Waals surface area contributed by atoms with E-state index in [1.807, 2.05) is 24.7 Å². The second kappa shape index (κ2) is 7.47. The predicted molar refractivity (Wildman–Crippen MR) is 99.5 cm³/mol. The summed E-state index contributed by atoms with van der Waals surface area (Å²) in [4.78, 5) is 8.60. The fourth-order valence-corrected chi connectivity index (χ4v) is 3.63. The molecule has 5 nitrogen and oxygen atoms in total. The molecule has 0 aliphatic heterocycles. The van der Waals surface area contributed by atoms with Gasteiger partial charge in [-0.1, -0.05) is 18.9 Å². The molecule has 4 rings (SSSR count). The molecule has 0 bridgehead atoms. The topological polar surface area (TPSA) is 66.5 Å². The molecular weight excluding hydrogens is 310 g/mol. The standard InChI is InChI=1S/C20H23N5/c1-2-6-16(5-1)20-18(14-24-25-20)17-8-11-23-19(12-17)22-10-7-15-4-3-9-21-13-15/h3-4,8-9,11-14,16H,1-2,5-7,10H2,(H,22,23)(H,24,25). The lowest BCUT2D eigenvalue weighted by atomic mass is 9.97. The number of H-pyrrole nitrogens is 1. The number of aromatic amines is 1. The van der Waals surface area contributed by atoms with Gasteiger partial charge in [0.05, 0.1) is 6.20 Å². The Kier molecular flexibility index (Phi) is 4.72. The zero-order valence-electron chi connectivity index (χ0n) is 14.3. The Hall–Kier alpha value is -2.69. The Labute approximate surface area is 147 Å². The first kappa shape index (κ1) is 15.8. The summed E-state index contributed by atoms with van der Waals surface area (Å²) in [5.41, 5.74) is 4.90. The van der Waals surface area contributed by atoms with Crippen molar-refractivity contribution in [2.45, 2.75) is 38.0 Å². The Balaban J connectivity index is 1.46. The van der Waals surface area contributed by atoms with Crippen molar-refractivity contribution in [1.29, 1.82) is 0 Å². The summed E-state index contributed by atoms with van der Waals surface area (Å²) in [5.74, 6) is 1.52. The van der Waals surface area contributed by atoms with E-state index in [1.165, 1.54) is 48.1 Å². The molecule has 2 N–H and O–H groups in total. The predicted octanol–water partition coefficient (Wildman–Crippen LogP) is 4.18. The highest BCUT2D eigenvalue weighted by atomic mass is 15.1. The largest absolute Gasteiger partial charge is 0.370 e. The maximum atomic E-state index is 4.45. The molecule has 0 radical (unpaired) electrons. The molecule has 1 aliphatic carbocycles. The van der Waals surface area contributed by atoms with E-state index in [9.17, 15) is 0 Å². The van der Waals surface area contributed by atoms with Gasteiger partial charge in [0, 0.05) is 42.3 Å². The van der Waals surface area contributed by atoms with Crippen molar-refractivity contribution >= 4 is 5.82 Å². The molecule has 0 aromatic carbocycles. The van der Waals surface area contributed by atoms with Crippen LogP contribution in [-0.2, 0) is 6.42 Å². The highest BCUT2D eigenvalue weighted by molar-refractivity contribution is 5.68. The Morgan fingerprint density at radius 3 is 2.88 bits per heavy atom. The van der Waals surface area contributed by atoms with Crippen LogP contribution in [0.2, 0.25) is 0 Å². The highest BCUT2D eigenvalue weighted by Crippen LogP contribution is 2.38. The molecule has 0 unspecified atom stereocenters. The summed E-state index contributed by atoms with van der Waals surface area (Å²) in [6, 6.07) is 8.25. The van der Waals surface area contributed by atoms with E-state index < -0.39 is 0 Å². The van der Waals surface area contributed by atoms with E-state index in [4.69, 9.17) is 0 Å². The summed E-state index contributed by atoms with van der Waals surface area (Å²) in [6.45, 7) is 0.836. The zero-order chi connectivity index (χ0) is 16.9. The normalized spacial score (nSPS) is 14.7. The van der Waals surface area contributed by atoms with Crippen LogP contribution >= 0.6 is 0 Å². The van der Waals surface area contributed by atoms with Crippen LogP contribution in [0.3, 0.4) is 0 Å². The van der Waals surface area contributed by atoms with Crippen molar-refractivity contribution in [3.05, 3.63) is 60.3 Å². The third kappa shape index (κ3) is 3.71. The minimum Gasteiger partial charge on any atom is -0.370 e. The summed E-state index contributed by atoms with van der Waals surface area (Å²) in [6.07, 6.45) is 13.6. The van der Waals surface area contributed by atoms with Crippen molar-refractivity contribution in [2.75, 3.05) is 11.9 Å². The third-order valence-corrected chi connectivity index (χ3v) is 4.95. The molecule has 1 aliphatic rings. The molecule has 3 aromatic heterocycles. The van der Waals surface area contributed by atoms with Gasteiger partial charge in [-0.15, -0.1) is 0 Å². The monoisotopic (exact) mass is 333 g/mol. The number of hydrogen-bond acceptors (Lipinski definition) is 4. The van der Waals surface area contributed by atoms with Gasteiger partial charge in [-0.2, -0.15) is 5.10 Å². The lowest BCUT2D eigenvalue weighted by molar-refractivity contribution is 0.694. The van der Waals surface area contributed by atoms with Crippen molar-refractivity contribution < 1.29 is 0 Å². The maximum absolute atomic E-state index is 4.45. The summed E-state index contributed by atoms with van der Waals surface area (Å²) >= 11 is 0. The van der Waals surface area contributed by atoms with E-state index >= 15 is 0 Å². The van der Waals surface area contributed by atoms with Crippen LogP contribution in [0.15, 0.2) is 49.1 Å². The molecule has 5 heteroatoms. The van der Waals surface area contributed by atoms with Crippen LogP contribution in [0.25, 0.3) is 11.1 Å². The number of rotatable bonds is 6. The Bertz CT molecular complexity index is 806. The molecule has 1 saturated carbocycles. The fourth-order valence-electron chi connectivity index (χ4n) is 3.63. The Morgan fingerprint density at radius 2 is 2.04 bits per heavy atom. The third-order valence-electron chi connectivity index (χ3n) is 4.95. The fraction of sp³-hybridized carbons (Fsp3) is 0.350. The summed E-state index contributed by atoms with van der Waals surface area (Å²) in [7, 11) is 0. The van der Waals surface area contributed by atoms with Crippen molar-refractivity contribution in [3.8, 4) is 11.1 Å². The molecule has 1 fully saturated rings. The molecule has 0 amide bonds. The second-order valence-electron chi connectivity index (χ2n) is 6.65. The molecule has 3 aromatic rings. The molecule has 0 saturated heterocycles. The van der Waals surface area contributed by atoms with Gasteiger partial charge in [0.2, 0.25) is 0 Å². The smallest absolute Gasteiger partial charge is 0.126 e. The molecular formula is C20H23N5. The van der Waals surface area contributed by atoms with Crippen molar-refractivity contribution in [1.82, 2.24) is 20.2 Å². The van der Waals surface area contributed by atoms with Gasteiger partial charge in [0.15, 0.2) is 0 Å². The van der Waals surface area contributed by atoms with Gasteiger partial charge in [0.1, 0.15) is 5.82 Å². The average Bonchev–Trinajstić information content (AvgIpc) is 3.34. The average molecular weight is 333 g/mol. The second-order valence-corrected chi connectivity index (χ2v) is 6.65. The number of anilines is 1. The van der Waals surface area contributed by atoms with Crippen LogP contribution < -0.4 is 5.32 Å². The van der Waals surface area contributed by atoms with Gasteiger partial charge >= 0.3 is 0 Å². The van der Waals surface area contributed by atoms with E-state index in [1.54, 1.807) is 6.20 Å². The minimum absolute atomic E-state index is 0.618. The summed E-state index contributed by atoms with van der Waals surface area (Å²) in [5, 5.41) is 10.9. The van der Waals surface area contributed by atoms with Crippen LogP contribution in [-0.4, -0.2) is 26.7 Å². The molecule has 0 atom stereocenters. The number of pyridine rings is 2. The zero-order valence-corrected chi connectivity index (χ0v) is 14.3. The van der Waals surface area contributed by atoms with Crippen LogP contribution in [0, 0.1) is 0 Å². The SMILES string of the molecule is c1cncc(CCNc2cc(-c3cn[nH]c3C3CCCC3)ccn2)c1. The summed E-state index contributed by atoms with van der Waals surface area (Å²) < 4.78 is 0. The van der Waals surface area contributed by atoms with Crippen LogP contribution in [0.4, 0.5) is 5.82 Å². The first-order valence-electron chi connectivity index (χ1n) is 9.02. The minimum atomic E-state index is 0.618. The van der Waals surface area contributed by atoms with Crippen LogP contribution in [0.1, 0.15) is 42.9 Å². The van der Waals surface area contributed by atoms with Gasteiger partial charge in [-0.25, -0.2) is 4.98 Å². The quantitative estimate of drug-likeness (QED) is 0.710. The van der Waals surface area contributed by atoms with Gasteiger partial charge < -0.3 is 5.32 Å².